The molecule has 154 valence electrons. The molecule has 1 aliphatic carbocycles. The zero-order valence-corrected chi connectivity index (χ0v) is 17.8. The first-order valence-corrected chi connectivity index (χ1v) is 10.6. The third kappa shape index (κ3) is 3.36. The molecule has 0 spiro atoms. The maximum atomic E-state index is 5.37. The number of imidazole rings is 1. The lowest BCUT2D eigenvalue weighted by molar-refractivity contribution is 0.415. The highest BCUT2D eigenvalue weighted by Gasteiger charge is 2.27. The number of nitrogens with zero attached hydrogens (tertiary/aromatic N) is 4. The molecule has 2 aromatic heterocycles. The molecule has 0 atom stereocenters. The highest BCUT2D eigenvalue weighted by Crippen LogP contribution is 2.35. The smallest absolute Gasteiger partial charge is 0.139 e. The van der Waals surface area contributed by atoms with Gasteiger partial charge in [0.25, 0.3) is 0 Å². The summed E-state index contributed by atoms with van der Waals surface area (Å²) in [6, 6.07) is 8.10. The van der Waals surface area contributed by atoms with Gasteiger partial charge in [0.15, 0.2) is 0 Å². The fourth-order valence-electron chi connectivity index (χ4n) is 4.62. The van der Waals surface area contributed by atoms with Gasteiger partial charge < -0.3 is 14.6 Å². The lowest BCUT2D eigenvalue weighted by Crippen LogP contribution is -2.34. The van der Waals surface area contributed by atoms with E-state index >= 15 is 0 Å². The van der Waals surface area contributed by atoms with Gasteiger partial charge in [0.2, 0.25) is 0 Å². The molecule has 1 N–H and O–H groups in total. The standard InChI is InChI=1S/C24H27N5O/c1-15-11-20-21(12-15)25-14-26-24(20)29-9-7-17(8-10-29)23-27-16(2)22(28-23)18-5-4-6-19(13-18)30-3/h4-6,11,13-14,17H,7-10,12H2,1-3H3,(H,27,28). The Morgan fingerprint density at radius 1 is 1.13 bits per heavy atom. The minimum absolute atomic E-state index is 0.437. The second kappa shape index (κ2) is 7.59. The zero-order chi connectivity index (χ0) is 20.7. The van der Waals surface area contributed by atoms with E-state index < -0.39 is 0 Å². The van der Waals surface area contributed by atoms with Crippen molar-refractivity contribution in [2.75, 3.05) is 25.1 Å². The predicted molar refractivity (Wildman–Crippen MR) is 119 cm³/mol. The summed E-state index contributed by atoms with van der Waals surface area (Å²) in [5.41, 5.74) is 6.94. The first kappa shape index (κ1) is 18.9. The van der Waals surface area contributed by atoms with Crippen LogP contribution in [0.2, 0.25) is 0 Å². The number of hydrogen-bond donors (Lipinski definition) is 1. The van der Waals surface area contributed by atoms with Crippen molar-refractivity contribution in [1.29, 1.82) is 0 Å². The number of hydrogen-bond acceptors (Lipinski definition) is 5. The molecule has 0 unspecified atom stereocenters. The maximum Gasteiger partial charge on any atom is 0.139 e. The summed E-state index contributed by atoms with van der Waals surface area (Å²) in [6.07, 6.45) is 7.02. The Balaban J connectivity index is 1.33. The van der Waals surface area contributed by atoms with Crippen LogP contribution in [-0.2, 0) is 6.42 Å². The number of H-pyrrole nitrogens is 1. The second-order valence-electron chi connectivity index (χ2n) is 8.31. The number of anilines is 1. The number of rotatable bonds is 4. The van der Waals surface area contributed by atoms with Gasteiger partial charge in [-0.25, -0.2) is 15.0 Å². The van der Waals surface area contributed by atoms with Gasteiger partial charge in [0, 0.05) is 42.2 Å². The van der Waals surface area contributed by atoms with E-state index in [1.807, 2.05) is 18.2 Å². The van der Waals surface area contributed by atoms with Crippen LogP contribution in [0.5, 0.6) is 5.75 Å². The molecular formula is C24H27N5O. The molecule has 5 rings (SSSR count). The molecule has 6 nitrogen and oxygen atoms in total. The number of benzene rings is 1. The van der Waals surface area contributed by atoms with Crippen molar-refractivity contribution in [1.82, 2.24) is 19.9 Å². The van der Waals surface area contributed by atoms with Gasteiger partial charge in [-0.1, -0.05) is 23.8 Å². The van der Waals surface area contributed by atoms with E-state index in [2.05, 4.69) is 45.8 Å². The first-order valence-electron chi connectivity index (χ1n) is 10.6. The topological polar surface area (TPSA) is 66.9 Å². The van der Waals surface area contributed by atoms with Crippen molar-refractivity contribution in [2.45, 2.75) is 39.0 Å². The van der Waals surface area contributed by atoms with Crippen molar-refractivity contribution in [2.24, 2.45) is 0 Å². The van der Waals surface area contributed by atoms with E-state index in [1.54, 1.807) is 13.4 Å². The quantitative estimate of drug-likeness (QED) is 0.696. The SMILES string of the molecule is COc1cccc(-c2nc(C3CCN(c4ncnc5c4C=C(C)C5)CC3)[nH]c2C)c1. The van der Waals surface area contributed by atoms with E-state index in [0.717, 1.165) is 72.4 Å². The minimum atomic E-state index is 0.437. The normalized spacial score (nSPS) is 16.5. The number of methoxy groups -OCH3 is 1. The van der Waals surface area contributed by atoms with Crippen LogP contribution in [0.4, 0.5) is 5.82 Å². The molecule has 1 aliphatic heterocycles. The monoisotopic (exact) mass is 401 g/mol. The zero-order valence-electron chi connectivity index (χ0n) is 17.8. The van der Waals surface area contributed by atoms with E-state index in [-0.39, 0.29) is 0 Å². The van der Waals surface area contributed by atoms with E-state index in [4.69, 9.17) is 9.72 Å². The molecule has 3 aromatic rings. The summed E-state index contributed by atoms with van der Waals surface area (Å²) < 4.78 is 5.37. The Morgan fingerprint density at radius 2 is 1.97 bits per heavy atom. The predicted octanol–water partition coefficient (Wildman–Crippen LogP) is 4.53. The van der Waals surface area contributed by atoms with Crippen molar-refractivity contribution in [3.63, 3.8) is 0 Å². The molecule has 1 aromatic carbocycles. The van der Waals surface area contributed by atoms with Gasteiger partial charge in [-0.05, 0) is 38.8 Å². The van der Waals surface area contributed by atoms with Crippen LogP contribution in [0.25, 0.3) is 17.3 Å². The number of aryl methyl sites for hydroxylation is 1. The van der Waals surface area contributed by atoms with Crippen molar-refractivity contribution in [3.05, 3.63) is 58.9 Å². The fraction of sp³-hybridized carbons (Fsp3) is 0.375. The van der Waals surface area contributed by atoms with Crippen molar-refractivity contribution in [3.8, 4) is 17.0 Å². The average molecular weight is 402 g/mol. The van der Waals surface area contributed by atoms with Gasteiger partial charge in [-0.15, -0.1) is 0 Å². The highest BCUT2D eigenvalue weighted by atomic mass is 16.5. The summed E-state index contributed by atoms with van der Waals surface area (Å²) in [6.45, 7) is 6.22. The van der Waals surface area contributed by atoms with Crippen molar-refractivity contribution >= 4 is 11.9 Å². The van der Waals surface area contributed by atoms with Crippen LogP contribution < -0.4 is 9.64 Å². The molecule has 0 bridgehead atoms. The number of nitrogens with one attached hydrogen (secondary N) is 1. The van der Waals surface area contributed by atoms with Gasteiger partial charge >= 0.3 is 0 Å². The fourth-order valence-corrected chi connectivity index (χ4v) is 4.62. The second-order valence-corrected chi connectivity index (χ2v) is 8.31. The molecule has 0 amide bonds. The largest absolute Gasteiger partial charge is 0.497 e. The number of aromatic nitrogens is 4. The van der Waals surface area contributed by atoms with Gasteiger partial charge in [-0.3, -0.25) is 0 Å². The molecule has 2 aliphatic rings. The summed E-state index contributed by atoms with van der Waals surface area (Å²) in [5.74, 6) is 3.47. The third-order valence-electron chi connectivity index (χ3n) is 6.21. The minimum Gasteiger partial charge on any atom is -0.497 e. The van der Waals surface area contributed by atoms with Crippen LogP contribution >= 0.6 is 0 Å². The summed E-state index contributed by atoms with van der Waals surface area (Å²) >= 11 is 0. The van der Waals surface area contributed by atoms with Crippen LogP contribution in [0.3, 0.4) is 0 Å². The van der Waals surface area contributed by atoms with Crippen LogP contribution in [-0.4, -0.2) is 40.1 Å². The Morgan fingerprint density at radius 3 is 2.77 bits per heavy atom. The molecule has 0 saturated carbocycles. The number of allylic oxidation sites excluding steroid dienone is 1. The number of piperidine rings is 1. The first-order chi connectivity index (χ1) is 14.6. The van der Waals surface area contributed by atoms with Gasteiger partial charge in [-0.2, -0.15) is 0 Å². The molecule has 6 heteroatoms. The average Bonchev–Trinajstić information content (AvgIpc) is 3.35. The van der Waals surface area contributed by atoms with Crippen LogP contribution in [0.15, 0.2) is 36.2 Å². The lowest BCUT2D eigenvalue weighted by atomic mass is 9.96. The Bertz CT molecular complexity index is 1110. The highest BCUT2D eigenvalue weighted by molar-refractivity contribution is 5.71. The third-order valence-corrected chi connectivity index (χ3v) is 6.21. The van der Waals surface area contributed by atoms with Crippen LogP contribution in [0.1, 0.15) is 48.5 Å². The maximum absolute atomic E-state index is 5.37. The van der Waals surface area contributed by atoms with Crippen molar-refractivity contribution < 1.29 is 4.74 Å². The Kier molecular flexibility index (Phi) is 4.77. The van der Waals surface area contributed by atoms with E-state index in [1.165, 1.54) is 11.1 Å². The molecule has 0 radical (unpaired) electrons. The molecule has 1 fully saturated rings. The summed E-state index contributed by atoms with van der Waals surface area (Å²) in [4.78, 5) is 20.0. The van der Waals surface area contributed by atoms with Crippen LogP contribution in [0, 0.1) is 6.92 Å². The summed E-state index contributed by atoms with van der Waals surface area (Å²) in [7, 11) is 1.69. The van der Waals surface area contributed by atoms with E-state index in [9.17, 15) is 0 Å². The molecule has 30 heavy (non-hydrogen) atoms. The number of ether oxygens (including phenoxy) is 1. The Labute approximate surface area is 177 Å². The molecule has 3 heterocycles. The molecular weight excluding hydrogens is 374 g/mol. The lowest BCUT2D eigenvalue weighted by Gasteiger charge is -2.32. The van der Waals surface area contributed by atoms with Gasteiger partial charge in [0.1, 0.15) is 23.7 Å². The number of aromatic amines is 1. The summed E-state index contributed by atoms with van der Waals surface area (Å²) in [5, 5.41) is 0. The van der Waals surface area contributed by atoms with Gasteiger partial charge in [0.05, 0.1) is 18.5 Å². The van der Waals surface area contributed by atoms with E-state index in [0.29, 0.717) is 5.92 Å². The Hall–Kier alpha value is -3.15. The number of fused-ring (bicyclic) bond motifs is 1. The molecule has 1 saturated heterocycles.